The summed E-state index contributed by atoms with van der Waals surface area (Å²) in [4.78, 5) is 9.32. The van der Waals surface area contributed by atoms with E-state index in [2.05, 4.69) is 183 Å². The van der Waals surface area contributed by atoms with Crippen molar-refractivity contribution in [3.8, 4) is 16.8 Å². The Labute approximate surface area is 336 Å². The third-order valence-corrected chi connectivity index (χ3v) is 11.8. The van der Waals surface area contributed by atoms with E-state index in [4.69, 9.17) is 11.6 Å². The van der Waals surface area contributed by atoms with Crippen LogP contribution < -0.4 is 0 Å². The van der Waals surface area contributed by atoms with Crippen molar-refractivity contribution in [2.24, 2.45) is 0 Å². The Morgan fingerprint density at radius 2 is 1.19 bits per heavy atom. The van der Waals surface area contributed by atoms with E-state index in [0.29, 0.717) is 0 Å². The number of nitrogens with zero attached hydrogens (tertiary/aromatic N) is 5. The molecule has 1 aliphatic carbocycles. The number of benzene rings is 5. The van der Waals surface area contributed by atoms with Crippen molar-refractivity contribution in [2.75, 3.05) is 0 Å². The number of allylic oxidation sites excluding steroid dienone is 6. The maximum absolute atomic E-state index is 4.86. The molecular weight excluding hydrogens is 707 g/mol. The van der Waals surface area contributed by atoms with Gasteiger partial charge in [-0.3, -0.25) is 9.97 Å². The molecular formula is C53H39N5. The molecule has 0 spiro atoms. The topological polar surface area (TPSA) is 40.6 Å². The van der Waals surface area contributed by atoms with Crippen LogP contribution in [0.25, 0.3) is 94.4 Å². The molecule has 0 atom stereocenters. The molecule has 0 fully saturated rings. The first-order valence-corrected chi connectivity index (χ1v) is 19.9. The number of fused-ring (bicyclic) bond motifs is 9. The fraction of sp³-hybridized carbons (Fsp3) is 0.0566. The first-order chi connectivity index (χ1) is 28.6. The molecule has 0 saturated carbocycles. The monoisotopic (exact) mass is 745 g/mol. The van der Waals surface area contributed by atoms with Gasteiger partial charge in [-0.15, -0.1) is 0 Å². The van der Waals surface area contributed by atoms with Gasteiger partial charge < -0.3 is 13.7 Å². The van der Waals surface area contributed by atoms with E-state index in [1.54, 1.807) is 0 Å². The number of para-hydroxylation sites is 4. The van der Waals surface area contributed by atoms with Crippen LogP contribution in [0.5, 0.6) is 0 Å². The standard InChI is InChI=1S/C53H39N5/c1-35(56-48-18-8-3-13-42(48)43-14-4-9-19-49(43)56)29-38(30-36(2)57-50-20-10-5-15-44(50)45-16-6-11-21-51(45)57)40-31-39(32-55-33-40)37-23-25-41(26-24-37)58-52-22-12-7-17-46(52)47-34-54-28-27-53(47)58/h3-6,8-16,18-34H,1,7,17H2,2H3/b36-30+,38-29+. The lowest BCUT2D eigenvalue weighted by molar-refractivity contribution is 0.967. The predicted molar refractivity (Wildman–Crippen MR) is 244 cm³/mol. The van der Waals surface area contributed by atoms with Gasteiger partial charge in [0.1, 0.15) is 0 Å². The molecule has 5 aromatic carbocycles. The van der Waals surface area contributed by atoms with Crippen LogP contribution in [-0.2, 0) is 6.42 Å². The summed E-state index contributed by atoms with van der Waals surface area (Å²) in [6.45, 7) is 6.91. The zero-order valence-electron chi connectivity index (χ0n) is 32.2. The zero-order chi connectivity index (χ0) is 38.7. The molecule has 1 aliphatic rings. The molecule has 276 valence electrons. The van der Waals surface area contributed by atoms with Crippen LogP contribution >= 0.6 is 0 Å². The highest BCUT2D eigenvalue weighted by Gasteiger charge is 2.19. The highest BCUT2D eigenvalue weighted by molar-refractivity contribution is 6.12. The van der Waals surface area contributed by atoms with E-state index in [1.165, 1.54) is 54.7 Å². The average molecular weight is 746 g/mol. The second kappa shape index (κ2) is 13.6. The van der Waals surface area contributed by atoms with E-state index >= 15 is 0 Å². The molecule has 5 aromatic heterocycles. The van der Waals surface area contributed by atoms with Gasteiger partial charge in [0.05, 0.1) is 27.6 Å². The number of hydrogen-bond donors (Lipinski definition) is 0. The van der Waals surface area contributed by atoms with Crippen LogP contribution in [0.15, 0.2) is 183 Å². The quantitative estimate of drug-likeness (QED) is 0.152. The first kappa shape index (κ1) is 33.8. The Bertz CT molecular complexity index is 3260. The second-order valence-corrected chi connectivity index (χ2v) is 15.2. The maximum Gasteiger partial charge on any atom is 0.0568 e. The van der Waals surface area contributed by atoms with E-state index in [-0.39, 0.29) is 0 Å². The molecule has 58 heavy (non-hydrogen) atoms. The highest BCUT2D eigenvalue weighted by atomic mass is 15.0. The fourth-order valence-electron chi connectivity index (χ4n) is 9.19. The molecule has 0 unspecified atom stereocenters. The summed E-state index contributed by atoms with van der Waals surface area (Å²) >= 11 is 0. The lowest BCUT2D eigenvalue weighted by atomic mass is 10.00. The van der Waals surface area contributed by atoms with Gasteiger partial charge in [0.15, 0.2) is 0 Å². The molecule has 11 rings (SSSR count). The molecule has 5 heterocycles. The van der Waals surface area contributed by atoms with Gasteiger partial charge in [-0.1, -0.05) is 97.6 Å². The molecule has 5 heteroatoms. The summed E-state index contributed by atoms with van der Waals surface area (Å²) in [7, 11) is 0. The number of hydrogen-bond acceptors (Lipinski definition) is 2. The van der Waals surface area contributed by atoms with Crippen molar-refractivity contribution in [3.63, 3.8) is 0 Å². The smallest absolute Gasteiger partial charge is 0.0568 e. The molecule has 0 aliphatic heterocycles. The molecule has 5 nitrogen and oxygen atoms in total. The Balaban J connectivity index is 1.05. The van der Waals surface area contributed by atoms with Crippen LogP contribution in [0.4, 0.5) is 0 Å². The van der Waals surface area contributed by atoms with Crippen molar-refractivity contribution >= 4 is 77.6 Å². The Hall–Kier alpha value is -7.50. The predicted octanol–water partition coefficient (Wildman–Crippen LogP) is 13.4. The van der Waals surface area contributed by atoms with E-state index < -0.39 is 0 Å². The molecule has 0 amide bonds. The van der Waals surface area contributed by atoms with Crippen LogP contribution in [0.2, 0.25) is 0 Å². The van der Waals surface area contributed by atoms with Gasteiger partial charge in [-0.2, -0.15) is 0 Å². The van der Waals surface area contributed by atoms with Gasteiger partial charge in [0.2, 0.25) is 0 Å². The van der Waals surface area contributed by atoms with Gasteiger partial charge in [0.25, 0.3) is 0 Å². The van der Waals surface area contributed by atoms with Crippen molar-refractivity contribution in [2.45, 2.75) is 19.8 Å². The lowest BCUT2D eigenvalue weighted by Crippen LogP contribution is -2.00. The maximum atomic E-state index is 4.86. The van der Waals surface area contributed by atoms with Gasteiger partial charge >= 0.3 is 0 Å². The Morgan fingerprint density at radius 3 is 1.83 bits per heavy atom. The third kappa shape index (κ3) is 5.39. The van der Waals surface area contributed by atoms with Gasteiger partial charge in [-0.05, 0) is 103 Å². The summed E-state index contributed by atoms with van der Waals surface area (Å²) in [5, 5.41) is 6.12. The van der Waals surface area contributed by atoms with Gasteiger partial charge in [-0.25, -0.2) is 0 Å². The normalized spacial score (nSPS) is 13.3. The van der Waals surface area contributed by atoms with E-state index in [9.17, 15) is 0 Å². The van der Waals surface area contributed by atoms with Crippen LogP contribution in [-0.4, -0.2) is 23.7 Å². The fourth-order valence-corrected chi connectivity index (χ4v) is 9.19. The van der Waals surface area contributed by atoms with E-state index in [1.807, 2.05) is 24.8 Å². The lowest BCUT2D eigenvalue weighted by Gasteiger charge is -2.14. The summed E-state index contributed by atoms with van der Waals surface area (Å²) < 4.78 is 7.01. The second-order valence-electron chi connectivity index (χ2n) is 15.2. The molecule has 0 saturated heterocycles. The number of rotatable bonds is 7. The number of aryl methyl sites for hydroxylation is 1. The number of aromatic nitrogens is 5. The minimum atomic E-state index is 0.875. The van der Waals surface area contributed by atoms with Crippen LogP contribution in [0.1, 0.15) is 30.2 Å². The zero-order valence-corrected chi connectivity index (χ0v) is 32.2. The summed E-state index contributed by atoms with van der Waals surface area (Å²) in [5.74, 6) is 0. The highest BCUT2D eigenvalue weighted by Crippen LogP contribution is 2.37. The molecule has 0 radical (unpaired) electrons. The molecule has 0 bridgehead atoms. The van der Waals surface area contributed by atoms with Crippen molar-refractivity contribution in [1.29, 1.82) is 0 Å². The summed E-state index contributed by atoms with van der Waals surface area (Å²) in [6, 6.07) is 47.7. The minimum absolute atomic E-state index is 0.875. The van der Waals surface area contributed by atoms with Crippen molar-refractivity contribution in [3.05, 3.63) is 200 Å². The summed E-state index contributed by atoms with van der Waals surface area (Å²) in [5.41, 5.74) is 15.7. The van der Waals surface area contributed by atoms with Crippen LogP contribution in [0, 0.1) is 0 Å². The van der Waals surface area contributed by atoms with E-state index in [0.717, 1.165) is 63.2 Å². The van der Waals surface area contributed by atoms with Gasteiger partial charge in [0, 0.05) is 85.6 Å². The van der Waals surface area contributed by atoms with Crippen molar-refractivity contribution < 1.29 is 0 Å². The molecule has 10 aromatic rings. The van der Waals surface area contributed by atoms with Crippen molar-refractivity contribution in [1.82, 2.24) is 23.7 Å². The Morgan fingerprint density at radius 1 is 0.586 bits per heavy atom. The first-order valence-electron chi connectivity index (χ1n) is 19.9. The SMILES string of the molecule is C=C(/C=C(\C=C(/C)n1c2ccccc2c2ccccc21)c1cncc(-c2ccc(-n3c4c(c5cnccc53)CCC=C4)cc2)c1)n1c2ccccc2c2ccccc21. The van der Waals surface area contributed by atoms with Crippen LogP contribution in [0.3, 0.4) is 0 Å². The largest absolute Gasteiger partial charge is 0.313 e. The minimum Gasteiger partial charge on any atom is -0.313 e. The summed E-state index contributed by atoms with van der Waals surface area (Å²) in [6.07, 6.45) is 18.9. The average Bonchev–Trinajstić information content (AvgIpc) is 3.92. The number of pyridine rings is 2. The third-order valence-electron chi connectivity index (χ3n) is 11.8. The Kier molecular flexibility index (Phi) is 7.93. The molecule has 0 N–H and O–H groups in total.